The van der Waals surface area contributed by atoms with Gasteiger partial charge in [0.05, 0.1) is 17.5 Å². The summed E-state index contributed by atoms with van der Waals surface area (Å²) in [5.41, 5.74) is 0.323. The zero-order chi connectivity index (χ0) is 19.4. The molecule has 6 heteroatoms. The Morgan fingerprint density at radius 3 is 2.58 bits per heavy atom. The number of aromatic nitrogens is 1. The Morgan fingerprint density at radius 1 is 1.31 bits per heavy atom. The number of allylic oxidation sites excluding steroid dienone is 1. The number of nitrogens with zero attached hydrogens (tertiary/aromatic N) is 1. The van der Waals surface area contributed by atoms with Crippen molar-refractivity contribution in [2.45, 2.75) is 40.2 Å². The minimum atomic E-state index is -0.913. The molecule has 26 heavy (non-hydrogen) atoms. The molecule has 0 aliphatic rings. The van der Waals surface area contributed by atoms with Crippen molar-refractivity contribution in [1.29, 1.82) is 0 Å². The van der Waals surface area contributed by atoms with Crippen LogP contribution in [0.4, 0.5) is 0 Å². The molecule has 0 saturated carbocycles. The molecule has 0 bridgehead atoms. The first-order chi connectivity index (χ1) is 12.4. The van der Waals surface area contributed by atoms with Crippen LogP contribution in [0.15, 0.2) is 29.6 Å². The Bertz CT molecular complexity index is 940. The molecule has 0 unspecified atom stereocenters. The molecule has 0 fully saturated rings. The van der Waals surface area contributed by atoms with Gasteiger partial charge >= 0.3 is 5.97 Å². The van der Waals surface area contributed by atoms with E-state index in [9.17, 15) is 19.5 Å². The maximum absolute atomic E-state index is 12.8. The van der Waals surface area contributed by atoms with Crippen LogP contribution in [0.3, 0.4) is 0 Å². The first kappa shape index (κ1) is 19.4. The number of Topliss-reactive ketones (excluding diaryl/α,β-unsaturated/α-hetero) is 1. The van der Waals surface area contributed by atoms with Gasteiger partial charge in [0.2, 0.25) is 0 Å². The number of fused-ring (bicyclic) bond motifs is 1. The van der Waals surface area contributed by atoms with Crippen LogP contribution < -0.4 is 5.56 Å². The number of hydrogen-bond acceptors (Lipinski definition) is 5. The standard InChI is InChI=1S/C20H23NO5/c1-5-8-15(22)13-10-12(4)11-14-16(13)18(23)17(20(25)26-7-3)19(24)21(14)9-6-2/h6,10-11,23H,2,5,7-9H2,1,3-4H3. The molecule has 2 aromatic rings. The predicted octanol–water partition coefficient (Wildman–Crippen LogP) is 3.36. The smallest absolute Gasteiger partial charge is 0.347 e. The number of benzene rings is 1. The van der Waals surface area contributed by atoms with Gasteiger partial charge in [0.1, 0.15) is 5.75 Å². The van der Waals surface area contributed by atoms with Gasteiger partial charge in [-0.15, -0.1) is 6.58 Å². The van der Waals surface area contributed by atoms with Crippen molar-refractivity contribution < 1.29 is 19.4 Å². The highest BCUT2D eigenvalue weighted by Gasteiger charge is 2.26. The van der Waals surface area contributed by atoms with Crippen molar-refractivity contribution in [3.05, 3.63) is 51.8 Å². The van der Waals surface area contributed by atoms with E-state index in [1.807, 2.05) is 6.92 Å². The topological polar surface area (TPSA) is 85.6 Å². The third-order valence-electron chi connectivity index (χ3n) is 4.05. The van der Waals surface area contributed by atoms with Gasteiger partial charge in [0, 0.05) is 18.5 Å². The van der Waals surface area contributed by atoms with Crippen LogP contribution in [-0.4, -0.2) is 28.0 Å². The van der Waals surface area contributed by atoms with Gasteiger partial charge in [0.25, 0.3) is 5.56 Å². The lowest BCUT2D eigenvalue weighted by atomic mass is 9.96. The van der Waals surface area contributed by atoms with E-state index in [2.05, 4.69) is 6.58 Å². The summed E-state index contributed by atoms with van der Waals surface area (Å²) < 4.78 is 6.24. The van der Waals surface area contributed by atoms with E-state index in [-0.39, 0.29) is 24.3 Å². The van der Waals surface area contributed by atoms with E-state index in [0.29, 0.717) is 23.9 Å². The SMILES string of the molecule is C=CCn1c(=O)c(C(=O)OCC)c(O)c2c(C(=O)CCC)cc(C)cc21. The molecule has 1 aromatic carbocycles. The molecule has 1 aromatic heterocycles. The number of ether oxygens (including phenoxy) is 1. The largest absolute Gasteiger partial charge is 0.506 e. The lowest BCUT2D eigenvalue weighted by Crippen LogP contribution is -2.28. The molecule has 138 valence electrons. The summed E-state index contributed by atoms with van der Waals surface area (Å²) in [4.78, 5) is 37.6. The van der Waals surface area contributed by atoms with Crippen LogP contribution in [0.2, 0.25) is 0 Å². The fourth-order valence-electron chi connectivity index (χ4n) is 2.98. The number of ketones is 1. The fourth-order valence-corrected chi connectivity index (χ4v) is 2.98. The van der Waals surface area contributed by atoms with Crippen LogP contribution in [-0.2, 0) is 11.3 Å². The monoisotopic (exact) mass is 357 g/mol. The van der Waals surface area contributed by atoms with Gasteiger partial charge < -0.3 is 14.4 Å². The summed E-state index contributed by atoms with van der Waals surface area (Å²) in [6.45, 7) is 9.13. The Hall–Kier alpha value is -2.89. The van der Waals surface area contributed by atoms with Gasteiger partial charge in [-0.2, -0.15) is 0 Å². The van der Waals surface area contributed by atoms with Crippen molar-refractivity contribution in [3.8, 4) is 5.75 Å². The highest BCUT2D eigenvalue weighted by atomic mass is 16.5. The van der Waals surface area contributed by atoms with Crippen LogP contribution in [0, 0.1) is 6.92 Å². The van der Waals surface area contributed by atoms with Crippen molar-refractivity contribution in [1.82, 2.24) is 4.57 Å². The summed E-state index contributed by atoms with van der Waals surface area (Å²) >= 11 is 0. The second kappa shape index (κ2) is 7.99. The molecule has 0 amide bonds. The van der Waals surface area contributed by atoms with Crippen LogP contribution in [0.1, 0.15) is 53.0 Å². The van der Waals surface area contributed by atoms with Gasteiger partial charge in [-0.1, -0.05) is 13.0 Å². The van der Waals surface area contributed by atoms with Crippen LogP contribution >= 0.6 is 0 Å². The average molecular weight is 357 g/mol. The average Bonchev–Trinajstić information content (AvgIpc) is 2.58. The molecule has 1 heterocycles. The highest BCUT2D eigenvalue weighted by molar-refractivity contribution is 6.12. The first-order valence-corrected chi connectivity index (χ1v) is 8.58. The summed E-state index contributed by atoms with van der Waals surface area (Å²) in [5.74, 6) is -1.58. The molecule has 0 aliphatic carbocycles. The number of rotatable bonds is 7. The van der Waals surface area contributed by atoms with E-state index in [1.165, 1.54) is 10.6 Å². The first-order valence-electron chi connectivity index (χ1n) is 8.58. The normalized spacial score (nSPS) is 10.7. The van der Waals surface area contributed by atoms with E-state index in [1.54, 1.807) is 26.0 Å². The summed E-state index contributed by atoms with van der Waals surface area (Å²) in [6, 6.07) is 3.37. The molecule has 0 atom stereocenters. The summed E-state index contributed by atoms with van der Waals surface area (Å²) in [5, 5.41) is 10.9. The number of pyridine rings is 1. The van der Waals surface area contributed by atoms with Crippen molar-refractivity contribution >= 4 is 22.7 Å². The number of esters is 1. The molecule has 0 spiro atoms. The maximum atomic E-state index is 12.8. The second-order valence-corrected chi connectivity index (χ2v) is 6.03. The summed E-state index contributed by atoms with van der Waals surface area (Å²) in [7, 11) is 0. The molecule has 2 rings (SSSR count). The third-order valence-corrected chi connectivity index (χ3v) is 4.05. The highest BCUT2D eigenvalue weighted by Crippen LogP contribution is 2.32. The van der Waals surface area contributed by atoms with Crippen molar-refractivity contribution in [2.75, 3.05) is 6.61 Å². The summed E-state index contributed by atoms with van der Waals surface area (Å²) in [6.07, 6.45) is 2.46. The number of carbonyl (C=O) groups is 2. The lowest BCUT2D eigenvalue weighted by Gasteiger charge is -2.16. The van der Waals surface area contributed by atoms with Crippen molar-refractivity contribution in [3.63, 3.8) is 0 Å². The fraction of sp³-hybridized carbons (Fsp3) is 0.350. The van der Waals surface area contributed by atoms with Crippen LogP contribution in [0.5, 0.6) is 5.75 Å². The third kappa shape index (κ3) is 3.40. The zero-order valence-electron chi connectivity index (χ0n) is 15.3. The molecule has 0 radical (unpaired) electrons. The van der Waals surface area contributed by atoms with Crippen molar-refractivity contribution in [2.24, 2.45) is 0 Å². The molecule has 0 saturated heterocycles. The van der Waals surface area contributed by atoms with Gasteiger partial charge in [-0.3, -0.25) is 9.59 Å². The lowest BCUT2D eigenvalue weighted by molar-refractivity contribution is 0.0520. The molecular formula is C20H23NO5. The van der Waals surface area contributed by atoms with Gasteiger partial charge in [0.15, 0.2) is 11.3 Å². The Balaban J connectivity index is 3.00. The predicted molar refractivity (Wildman–Crippen MR) is 100 cm³/mol. The van der Waals surface area contributed by atoms with Crippen LogP contribution in [0.25, 0.3) is 10.9 Å². The Morgan fingerprint density at radius 2 is 2.00 bits per heavy atom. The van der Waals surface area contributed by atoms with E-state index in [4.69, 9.17) is 4.74 Å². The Kier molecular flexibility index (Phi) is 5.97. The molecular weight excluding hydrogens is 334 g/mol. The number of hydrogen-bond donors (Lipinski definition) is 1. The molecule has 6 nitrogen and oxygen atoms in total. The van der Waals surface area contributed by atoms with E-state index >= 15 is 0 Å². The zero-order valence-corrected chi connectivity index (χ0v) is 15.3. The molecule has 0 aliphatic heterocycles. The number of carbonyl (C=O) groups excluding carboxylic acids is 2. The minimum absolute atomic E-state index is 0.0622. The van der Waals surface area contributed by atoms with Gasteiger partial charge in [-0.25, -0.2) is 4.79 Å². The van der Waals surface area contributed by atoms with E-state index < -0.39 is 22.8 Å². The minimum Gasteiger partial charge on any atom is -0.506 e. The molecule has 1 N–H and O–H groups in total. The number of aryl methyl sites for hydroxylation is 1. The number of aromatic hydroxyl groups is 1. The van der Waals surface area contributed by atoms with Gasteiger partial charge in [-0.05, 0) is 38.0 Å². The second-order valence-electron chi connectivity index (χ2n) is 6.03. The maximum Gasteiger partial charge on any atom is 0.347 e. The van der Waals surface area contributed by atoms with E-state index in [0.717, 1.165) is 5.56 Å². The quantitative estimate of drug-likeness (QED) is 0.466. The Labute approximate surface area is 151 Å².